The van der Waals surface area contributed by atoms with Gasteiger partial charge in [-0.15, -0.1) is 0 Å². The van der Waals surface area contributed by atoms with E-state index in [4.69, 9.17) is 4.18 Å². The maximum atomic E-state index is 14.5. The summed E-state index contributed by atoms with van der Waals surface area (Å²) < 4.78 is 68.8. The molecule has 2 aliphatic rings. The first-order valence-electron chi connectivity index (χ1n) is 14.2. The van der Waals surface area contributed by atoms with Gasteiger partial charge < -0.3 is 4.18 Å². The Kier molecular flexibility index (Phi) is 7.36. The summed E-state index contributed by atoms with van der Waals surface area (Å²) in [6.07, 6.45) is 10.3. The Labute approximate surface area is 236 Å². The van der Waals surface area contributed by atoms with Crippen molar-refractivity contribution >= 4 is 41.8 Å². The summed E-state index contributed by atoms with van der Waals surface area (Å²) >= 11 is 0. The molecule has 2 saturated carbocycles. The maximum Gasteiger partial charge on any atom is 0.339 e. The molecule has 4 aromatic rings. The molecule has 40 heavy (non-hydrogen) atoms. The molecule has 4 aromatic carbocycles. The van der Waals surface area contributed by atoms with Crippen molar-refractivity contribution in [2.24, 2.45) is 0 Å². The number of hydrogen-bond acceptors (Lipinski definition) is 5. The van der Waals surface area contributed by atoms with Gasteiger partial charge in [0.05, 0.1) is 0 Å². The Bertz CT molecular complexity index is 1780. The van der Waals surface area contributed by atoms with Gasteiger partial charge in [0.15, 0.2) is 5.75 Å². The van der Waals surface area contributed by atoms with Gasteiger partial charge in [-0.05, 0) is 77.6 Å². The highest BCUT2D eigenvalue weighted by molar-refractivity contribution is 7.87. The van der Waals surface area contributed by atoms with Crippen LogP contribution in [0.2, 0.25) is 0 Å². The molecule has 0 spiro atoms. The summed E-state index contributed by atoms with van der Waals surface area (Å²) in [5.74, 6) is 0.294. The van der Waals surface area contributed by atoms with E-state index < -0.39 is 20.2 Å². The lowest BCUT2D eigenvalue weighted by molar-refractivity contribution is 0.422. The number of benzene rings is 4. The summed E-state index contributed by atoms with van der Waals surface area (Å²) in [4.78, 5) is 0.0114. The molecule has 0 unspecified atom stereocenters. The first-order valence-corrected chi connectivity index (χ1v) is 17.1. The first-order chi connectivity index (χ1) is 19.2. The third-order valence-corrected chi connectivity index (χ3v) is 11.0. The van der Waals surface area contributed by atoms with Gasteiger partial charge in [0.25, 0.3) is 10.1 Å². The molecule has 210 valence electrons. The fourth-order valence-corrected chi connectivity index (χ4v) is 9.09. The minimum atomic E-state index is -4.51. The van der Waals surface area contributed by atoms with E-state index in [0.29, 0.717) is 10.3 Å². The zero-order valence-electron chi connectivity index (χ0n) is 22.4. The predicted octanol–water partition coefficient (Wildman–Crippen LogP) is 8.10. The van der Waals surface area contributed by atoms with Gasteiger partial charge >= 0.3 is 10.1 Å². The molecule has 6 nitrogen and oxygen atoms in total. The lowest BCUT2D eigenvalue weighted by Gasteiger charge is -2.30. The third-order valence-electron chi connectivity index (χ3n) is 8.70. The molecule has 0 saturated heterocycles. The quantitative estimate of drug-likeness (QED) is 0.183. The van der Waals surface area contributed by atoms with Crippen molar-refractivity contribution < 1.29 is 25.6 Å². The second-order valence-electron chi connectivity index (χ2n) is 11.2. The molecular weight excluding hydrogens is 544 g/mol. The van der Waals surface area contributed by atoms with E-state index >= 15 is 0 Å². The van der Waals surface area contributed by atoms with Crippen LogP contribution in [0.25, 0.3) is 21.5 Å². The van der Waals surface area contributed by atoms with E-state index in [1.54, 1.807) is 18.2 Å². The van der Waals surface area contributed by atoms with Crippen molar-refractivity contribution in [1.29, 1.82) is 0 Å². The van der Waals surface area contributed by atoms with Crippen LogP contribution >= 0.6 is 0 Å². The Balaban J connectivity index is 1.58. The zero-order chi connectivity index (χ0) is 27.9. The number of fused-ring (bicyclic) bond motifs is 2. The van der Waals surface area contributed by atoms with E-state index in [1.165, 1.54) is 18.2 Å². The van der Waals surface area contributed by atoms with Gasteiger partial charge in [-0.3, -0.25) is 4.55 Å². The summed E-state index contributed by atoms with van der Waals surface area (Å²) in [7, 11) is -8.83. The van der Waals surface area contributed by atoms with Crippen LogP contribution in [0, 0.1) is 0 Å². The average molecular weight is 579 g/mol. The molecule has 2 fully saturated rings. The van der Waals surface area contributed by atoms with E-state index in [1.807, 2.05) is 18.2 Å². The fraction of sp³-hybridized carbons (Fsp3) is 0.375. The molecule has 1 N–H and O–H groups in total. The molecule has 2 aliphatic carbocycles. The average Bonchev–Trinajstić information content (AvgIpc) is 2.96. The van der Waals surface area contributed by atoms with E-state index in [-0.39, 0.29) is 27.9 Å². The number of hydrogen-bond donors (Lipinski definition) is 1. The van der Waals surface area contributed by atoms with Crippen molar-refractivity contribution in [3.63, 3.8) is 0 Å². The Morgan fingerprint density at radius 1 is 0.650 bits per heavy atom. The van der Waals surface area contributed by atoms with E-state index in [0.717, 1.165) is 86.1 Å². The van der Waals surface area contributed by atoms with Gasteiger partial charge in [0, 0.05) is 10.8 Å². The Hall–Kier alpha value is -2.94. The molecule has 0 atom stereocenters. The van der Waals surface area contributed by atoms with Crippen molar-refractivity contribution in [3.8, 4) is 5.75 Å². The van der Waals surface area contributed by atoms with Crippen LogP contribution in [-0.4, -0.2) is 21.4 Å². The van der Waals surface area contributed by atoms with Gasteiger partial charge in [-0.1, -0.05) is 87.1 Å². The highest BCUT2D eigenvalue weighted by Crippen LogP contribution is 2.46. The van der Waals surface area contributed by atoms with Crippen LogP contribution in [0.1, 0.15) is 87.2 Å². The minimum absolute atomic E-state index is 0.0420. The summed E-state index contributed by atoms with van der Waals surface area (Å²) in [6.45, 7) is 0. The van der Waals surface area contributed by atoms with Crippen LogP contribution in [0.4, 0.5) is 0 Å². The highest BCUT2D eigenvalue weighted by atomic mass is 32.2. The highest BCUT2D eigenvalue weighted by Gasteiger charge is 2.34. The smallest absolute Gasteiger partial charge is 0.339 e. The first kappa shape index (κ1) is 27.2. The second-order valence-corrected chi connectivity index (χ2v) is 14.1. The number of rotatable bonds is 6. The summed E-state index contributed by atoms with van der Waals surface area (Å²) in [6, 6.07) is 19.1. The van der Waals surface area contributed by atoms with E-state index in [2.05, 4.69) is 12.1 Å². The largest absolute Gasteiger partial charge is 0.378 e. The molecule has 0 aliphatic heterocycles. The molecule has 6 rings (SSSR count). The lowest BCUT2D eigenvalue weighted by Crippen LogP contribution is -2.20. The Morgan fingerprint density at radius 3 is 1.88 bits per heavy atom. The van der Waals surface area contributed by atoms with Crippen molar-refractivity contribution in [2.75, 3.05) is 0 Å². The lowest BCUT2D eigenvalue weighted by atomic mass is 9.78. The van der Waals surface area contributed by atoms with Gasteiger partial charge in [0.1, 0.15) is 9.79 Å². The third kappa shape index (κ3) is 5.13. The molecule has 8 heteroatoms. The SMILES string of the molecule is O=S(=O)(O)c1ccc(OS(=O)(=O)c2c(C3CCCCC3)cc3ccccc3c2C2CCCCC2)c2ccccc12. The molecular formula is C32H34O6S2. The zero-order valence-corrected chi connectivity index (χ0v) is 24.0. The normalized spacial score (nSPS) is 17.8. The van der Waals surface area contributed by atoms with Crippen LogP contribution in [0.15, 0.2) is 76.5 Å². The van der Waals surface area contributed by atoms with Gasteiger partial charge in [-0.2, -0.15) is 16.8 Å². The molecule has 0 radical (unpaired) electrons. The molecule has 0 amide bonds. The van der Waals surface area contributed by atoms with Crippen molar-refractivity contribution in [2.45, 2.75) is 85.8 Å². The predicted molar refractivity (Wildman–Crippen MR) is 157 cm³/mol. The summed E-state index contributed by atoms with van der Waals surface area (Å²) in [5, 5.41) is 2.53. The van der Waals surface area contributed by atoms with Crippen LogP contribution in [0.5, 0.6) is 5.75 Å². The molecule has 0 bridgehead atoms. The molecule has 0 heterocycles. The van der Waals surface area contributed by atoms with Crippen molar-refractivity contribution in [1.82, 2.24) is 0 Å². The second kappa shape index (κ2) is 10.8. The van der Waals surface area contributed by atoms with Gasteiger partial charge in [0.2, 0.25) is 0 Å². The van der Waals surface area contributed by atoms with Crippen LogP contribution in [0.3, 0.4) is 0 Å². The monoisotopic (exact) mass is 578 g/mol. The van der Waals surface area contributed by atoms with E-state index in [9.17, 15) is 21.4 Å². The fourth-order valence-electron chi connectivity index (χ4n) is 6.87. The standard InChI is InChI=1S/C32H34O6S2/c33-39(34,35)30-20-19-29(26-17-9-10-18-27(26)30)38-40(36,37)32-28(22-11-3-1-4-12-22)21-24-15-7-8-16-25(24)31(32)23-13-5-2-6-14-23/h7-10,15-23H,1-6,11-14H2,(H,33,34,35). The topological polar surface area (TPSA) is 97.7 Å². The molecule has 0 aromatic heterocycles. The Morgan fingerprint density at radius 2 is 1.23 bits per heavy atom. The van der Waals surface area contributed by atoms with Gasteiger partial charge in [-0.25, -0.2) is 0 Å². The van der Waals surface area contributed by atoms with Crippen molar-refractivity contribution in [3.05, 3.63) is 77.9 Å². The summed E-state index contributed by atoms with van der Waals surface area (Å²) in [5.41, 5.74) is 1.72. The van der Waals surface area contributed by atoms with Crippen LogP contribution < -0.4 is 4.18 Å². The maximum absolute atomic E-state index is 14.5. The minimum Gasteiger partial charge on any atom is -0.378 e. The van der Waals surface area contributed by atoms with Crippen LogP contribution in [-0.2, 0) is 20.2 Å².